The molecule has 0 saturated heterocycles. The Morgan fingerprint density at radius 3 is 2.74 bits per heavy atom. The molecule has 0 aliphatic heterocycles. The molecule has 2 heterocycles. The number of aliphatic hydroxyl groups is 1. The predicted octanol–water partition coefficient (Wildman–Crippen LogP) is 2.46. The molecule has 0 radical (unpaired) electrons. The van der Waals surface area contributed by atoms with E-state index in [2.05, 4.69) is 9.97 Å². The molecule has 1 atom stereocenters. The Kier molecular flexibility index (Phi) is 3.60. The minimum Gasteiger partial charge on any atom is -0.493 e. The van der Waals surface area contributed by atoms with Crippen LogP contribution in [0.1, 0.15) is 39.4 Å². The molecule has 23 heavy (non-hydrogen) atoms. The van der Waals surface area contributed by atoms with E-state index in [9.17, 15) is 15.0 Å². The molecule has 1 unspecified atom stereocenters. The average Bonchev–Trinajstić information content (AvgIpc) is 3.02. The number of aliphatic hydroxyl groups excluding tert-OH is 1. The van der Waals surface area contributed by atoms with E-state index < -0.39 is 17.8 Å². The Balaban J connectivity index is 2.06. The molecular formula is C16H19N3O4. The van der Waals surface area contributed by atoms with Crippen molar-refractivity contribution in [2.45, 2.75) is 45.3 Å². The number of aromatic nitrogens is 3. The molecule has 122 valence electrons. The summed E-state index contributed by atoms with van der Waals surface area (Å²) >= 11 is 0. The molecule has 0 bridgehead atoms. The van der Waals surface area contributed by atoms with Crippen LogP contribution in [-0.4, -0.2) is 42.5 Å². The van der Waals surface area contributed by atoms with Crippen molar-refractivity contribution in [1.82, 2.24) is 14.5 Å². The van der Waals surface area contributed by atoms with Gasteiger partial charge in [0.15, 0.2) is 11.5 Å². The average molecular weight is 317 g/mol. The van der Waals surface area contributed by atoms with Gasteiger partial charge in [-0.1, -0.05) is 0 Å². The lowest BCUT2D eigenvalue weighted by atomic mass is 10.2. The number of rotatable bonds is 1. The summed E-state index contributed by atoms with van der Waals surface area (Å²) in [5, 5.41) is 20.1. The first-order valence-corrected chi connectivity index (χ1v) is 7.45. The topological polar surface area (TPSA) is 97.5 Å². The molecule has 0 amide bonds. The lowest BCUT2D eigenvalue weighted by Gasteiger charge is -2.19. The van der Waals surface area contributed by atoms with Crippen LogP contribution in [0.15, 0.2) is 18.3 Å². The lowest BCUT2D eigenvalue weighted by molar-refractivity contribution is 0.0543. The van der Waals surface area contributed by atoms with E-state index in [4.69, 9.17) is 4.74 Å². The quantitative estimate of drug-likeness (QED) is 0.838. The number of carbonyl (C=O) groups excluding carboxylic acids is 1. The van der Waals surface area contributed by atoms with Gasteiger partial charge in [-0.25, -0.2) is 14.3 Å². The highest BCUT2D eigenvalue weighted by atomic mass is 16.6. The van der Waals surface area contributed by atoms with E-state index in [1.54, 1.807) is 32.9 Å². The highest BCUT2D eigenvalue weighted by Gasteiger charge is 2.23. The highest BCUT2D eigenvalue weighted by Crippen LogP contribution is 2.30. The zero-order valence-electron chi connectivity index (χ0n) is 13.3. The number of hydrogen-bond donors (Lipinski definition) is 2. The van der Waals surface area contributed by atoms with Gasteiger partial charge in [-0.05, 0) is 51.3 Å². The van der Waals surface area contributed by atoms with Gasteiger partial charge in [-0.3, -0.25) is 0 Å². The number of ether oxygens (including phenoxy) is 1. The molecule has 0 spiro atoms. The second-order valence-electron chi connectivity index (χ2n) is 6.57. The maximum atomic E-state index is 12.3. The van der Waals surface area contributed by atoms with E-state index in [0.29, 0.717) is 24.1 Å². The minimum atomic E-state index is -0.635. The Labute approximate surface area is 133 Å². The van der Waals surface area contributed by atoms with Gasteiger partial charge < -0.3 is 14.9 Å². The van der Waals surface area contributed by atoms with Crippen molar-refractivity contribution in [3.63, 3.8) is 0 Å². The second kappa shape index (κ2) is 5.34. The molecule has 1 aliphatic carbocycles. The number of carbonyl (C=O) groups is 1. The largest absolute Gasteiger partial charge is 0.493 e. The fourth-order valence-electron chi connectivity index (χ4n) is 2.49. The van der Waals surface area contributed by atoms with E-state index in [1.807, 2.05) is 0 Å². The van der Waals surface area contributed by atoms with Crippen molar-refractivity contribution in [2.75, 3.05) is 0 Å². The van der Waals surface area contributed by atoms with Crippen molar-refractivity contribution < 1.29 is 19.7 Å². The van der Waals surface area contributed by atoms with Crippen molar-refractivity contribution in [1.29, 1.82) is 0 Å². The molecule has 1 aliphatic rings. The summed E-state index contributed by atoms with van der Waals surface area (Å²) in [5.74, 6) is 0.115. The highest BCUT2D eigenvalue weighted by molar-refractivity contribution is 5.90. The molecular weight excluding hydrogens is 298 g/mol. The molecule has 0 aromatic carbocycles. The molecule has 0 fully saturated rings. The van der Waals surface area contributed by atoms with Crippen molar-refractivity contribution in [3.05, 3.63) is 24.2 Å². The zero-order valence-corrected chi connectivity index (χ0v) is 13.3. The predicted molar refractivity (Wildman–Crippen MR) is 84.0 cm³/mol. The van der Waals surface area contributed by atoms with Crippen LogP contribution in [0, 0.1) is 0 Å². The Morgan fingerprint density at radius 1 is 1.39 bits per heavy atom. The fraction of sp³-hybridized carbons (Fsp3) is 0.438. The van der Waals surface area contributed by atoms with Gasteiger partial charge >= 0.3 is 6.09 Å². The molecule has 0 saturated carbocycles. The zero-order chi connectivity index (χ0) is 16.8. The molecule has 7 nitrogen and oxygen atoms in total. The second-order valence-corrected chi connectivity index (χ2v) is 6.57. The number of fused-ring (bicyclic) bond motifs is 1. The summed E-state index contributed by atoms with van der Waals surface area (Å²) in [6, 6.07) is 1.57. The van der Waals surface area contributed by atoms with Crippen molar-refractivity contribution in [3.8, 4) is 5.88 Å². The smallest absolute Gasteiger partial charge is 0.420 e. The monoisotopic (exact) mass is 317 g/mol. The van der Waals surface area contributed by atoms with E-state index in [0.717, 1.165) is 5.57 Å². The number of aromatic hydroxyl groups is 1. The third-order valence-corrected chi connectivity index (χ3v) is 3.50. The Hall–Kier alpha value is -2.41. The van der Waals surface area contributed by atoms with Crippen LogP contribution in [0.3, 0.4) is 0 Å². The van der Waals surface area contributed by atoms with Crippen LogP contribution in [0.25, 0.3) is 16.6 Å². The summed E-state index contributed by atoms with van der Waals surface area (Å²) in [7, 11) is 0. The number of allylic oxidation sites excluding steroid dienone is 1. The van der Waals surface area contributed by atoms with Gasteiger partial charge in [-0.2, -0.15) is 4.98 Å². The summed E-state index contributed by atoms with van der Waals surface area (Å²) in [6.45, 7) is 5.33. The maximum Gasteiger partial charge on any atom is 0.420 e. The van der Waals surface area contributed by atoms with Crippen LogP contribution in [0.5, 0.6) is 5.88 Å². The summed E-state index contributed by atoms with van der Waals surface area (Å²) < 4.78 is 6.59. The van der Waals surface area contributed by atoms with E-state index in [-0.39, 0.29) is 11.5 Å². The van der Waals surface area contributed by atoms with Gasteiger partial charge in [0.2, 0.25) is 5.88 Å². The minimum absolute atomic E-state index is 0.199. The fourth-order valence-corrected chi connectivity index (χ4v) is 2.49. The summed E-state index contributed by atoms with van der Waals surface area (Å²) in [5.41, 5.74) is 0.402. The molecule has 2 aromatic rings. The standard InChI is InChI=1S/C16H19N3O4/c1-16(2,3)23-15(22)19-7-6-11-13(19)17-12(18-14(11)21)9-4-5-10(20)8-9/h6-8,10,20H,4-5H2,1-3H3,(H,17,18,21). The van der Waals surface area contributed by atoms with Crippen LogP contribution >= 0.6 is 0 Å². The molecule has 2 aromatic heterocycles. The first-order chi connectivity index (χ1) is 10.7. The SMILES string of the molecule is CC(C)(C)OC(=O)n1ccc2c(O)nc(C3=CC(O)CC3)nc21. The van der Waals surface area contributed by atoms with Gasteiger partial charge in [0.05, 0.1) is 11.5 Å². The van der Waals surface area contributed by atoms with Gasteiger partial charge in [-0.15, -0.1) is 0 Å². The van der Waals surface area contributed by atoms with Crippen LogP contribution in [0.2, 0.25) is 0 Å². The molecule has 3 rings (SSSR count). The van der Waals surface area contributed by atoms with Crippen LogP contribution in [0.4, 0.5) is 4.79 Å². The number of hydrogen-bond acceptors (Lipinski definition) is 6. The molecule has 2 N–H and O–H groups in total. The summed E-state index contributed by atoms with van der Waals surface area (Å²) in [4.78, 5) is 20.7. The third-order valence-electron chi connectivity index (χ3n) is 3.50. The summed E-state index contributed by atoms with van der Waals surface area (Å²) in [6.07, 6.45) is 3.29. The molecule has 7 heteroatoms. The van der Waals surface area contributed by atoms with Crippen LogP contribution in [-0.2, 0) is 4.74 Å². The van der Waals surface area contributed by atoms with Gasteiger partial charge in [0.1, 0.15) is 5.60 Å². The Morgan fingerprint density at radius 2 is 2.13 bits per heavy atom. The van der Waals surface area contributed by atoms with Crippen molar-refractivity contribution >= 4 is 22.7 Å². The van der Waals surface area contributed by atoms with Gasteiger partial charge in [0.25, 0.3) is 0 Å². The van der Waals surface area contributed by atoms with E-state index >= 15 is 0 Å². The normalized spacial score (nSPS) is 18.3. The van der Waals surface area contributed by atoms with E-state index in [1.165, 1.54) is 10.8 Å². The van der Waals surface area contributed by atoms with Gasteiger partial charge in [0, 0.05) is 6.20 Å². The number of nitrogens with zero attached hydrogens (tertiary/aromatic N) is 3. The van der Waals surface area contributed by atoms with Crippen molar-refractivity contribution in [2.24, 2.45) is 0 Å². The first kappa shape index (κ1) is 15.5. The first-order valence-electron chi connectivity index (χ1n) is 7.45. The third kappa shape index (κ3) is 3.05. The van der Waals surface area contributed by atoms with Crippen LogP contribution < -0.4 is 0 Å². The maximum absolute atomic E-state index is 12.3. The lowest BCUT2D eigenvalue weighted by Crippen LogP contribution is -2.27. The Bertz CT molecular complexity index is 801.